The third-order valence-electron chi connectivity index (χ3n) is 2.65. The lowest BCUT2D eigenvalue weighted by atomic mass is 10.2. The Kier molecular flexibility index (Phi) is 4.35. The Bertz CT molecular complexity index is 576. The normalized spacial score (nSPS) is 9.68. The number of benzene rings is 1. The number of nitrogens with zero attached hydrogens (tertiary/aromatic N) is 2. The van der Waals surface area contributed by atoms with Gasteiger partial charge in [-0.05, 0) is 24.3 Å². The molecule has 2 rings (SSSR count). The van der Waals surface area contributed by atoms with Gasteiger partial charge in [0.15, 0.2) is 0 Å². The van der Waals surface area contributed by atoms with E-state index in [-0.39, 0.29) is 0 Å². The minimum Gasteiger partial charge on any atom is -0.497 e. The fourth-order valence-corrected chi connectivity index (χ4v) is 1.65. The van der Waals surface area contributed by atoms with Gasteiger partial charge in [-0.25, -0.2) is 0 Å². The second-order valence-electron chi connectivity index (χ2n) is 3.89. The van der Waals surface area contributed by atoms with E-state index in [1.165, 1.54) is 0 Å². The quantitative estimate of drug-likeness (QED) is 0.823. The van der Waals surface area contributed by atoms with E-state index in [1.54, 1.807) is 31.5 Å². The van der Waals surface area contributed by atoms with Crippen LogP contribution in [0.2, 0.25) is 0 Å². The average Bonchev–Trinajstić information content (AvgIpc) is 2.48. The van der Waals surface area contributed by atoms with Crippen molar-refractivity contribution in [1.82, 2.24) is 4.98 Å². The fraction of sp³-hybridized carbons (Fsp3) is 0.200. The van der Waals surface area contributed by atoms with E-state index >= 15 is 0 Å². The van der Waals surface area contributed by atoms with Crippen LogP contribution in [0.25, 0.3) is 0 Å². The number of methoxy groups -OCH3 is 1. The molecule has 0 aliphatic rings. The smallest absolute Gasteiger partial charge is 0.140 e. The van der Waals surface area contributed by atoms with Gasteiger partial charge in [0, 0.05) is 24.4 Å². The van der Waals surface area contributed by atoms with Crippen LogP contribution < -0.4 is 9.47 Å². The van der Waals surface area contributed by atoms with Crippen LogP contribution in [0, 0.1) is 11.3 Å². The Morgan fingerprint density at radius 1 is 1.26 bits per heavy atom. The zero-order chi connectivity index (χ0) is 13.5. The van der Waals surface area contributed by atoms with Crippen molar-refractivity contribution in [3.8, 4) is 17.6 Å². The highest BCUT2D eigenvalue weighted by Gasteiger charge is 2.05. The summed E-state index contributed by atoms with van der Waals surface area (Å²) in [7, 11) is 1.58. The van der Waals surface area contributed by atoms with Gasteiger partial charge in [-0.3, -0.25) is 4.98 Å². The van der Waals surface area contributed by atoms with Gasteiger partial charge in [0.25, 0.3) is 0 Å². The lowest BCUT2D eigenvalue weighted by Gasteiger charge is -2.09. The van der Waals surface area contributed by atoms with Gasteiger partial charge in [0.1, 0.15) is 17.6 Å². The fourth-order valence-electron chi connectivity index (χ4n) is 1.65. The SMILES string of the molecule is COc1ccc(C#N)c(OCCc2ccccn2)c1. The summed E-state index contributed by atoms with van der Waals surface area (Å²) in [6.45, 7) is 0.471. The van der Waals surface area contributed by atoms with Gasteiger partial charge in [0.05, 0.1) is 19.3 Å². The van der Waals surface area contributed by atoms with Crippen LogP contribution in [0.5, 0.6) is 11.5 Å². The molecular formula is C15H14N2O2. The van der Waals surface area contributed by atoms with Crippen LogP contribution in [0.4, 0.5) is 0 Å². The summed E-state index contributed by atoms with van der Waals surface area (Å²) in [5, 5.41) is 9.02. The minimum atomic E-state index is 0.471. The summed E-state index contributed by atoms with van der Waals surface area (Å²) < 4.78 is 10.7. The molecule has 19 heavy (non-hydrogen) atoms. The van der Waals surface area contributed by atoms with E-state index in [2.05, 4.69) is 11.1 Å². The first-order valence-corrected chi connectivity index (χ1v) is 5.94. The van der Waals surface area contributed by atoms with E-state index in [4.69, 9.17) is 14.7 Å². The number of pyridine rings is 1. The maximum atomic E-state index is 9.02. The van der Waals surface area contributed by atoms with Crippen molar-refractivity contribution in [3.63, 3.8) is 0 Å². The molecule has 1 heterocycles. The summed E-state index contributed by atoms with van der Waals surface area (Å²) in [5.74, 6) is 1.21. The standard InChI is InChI=1S/C15H14N2O2/c1-18-14-6-5-12(11-16)15(10-14)19-9-7-13-4-2-3-8-17-13/h2-6,8,10H,7,9H2,1H3. The zero-order valence-corrected chi connectivity index (χ0v) is 10.7. The molecule has 0 bridgehead atoms. The van der Waals surface area contributed by atoms with Gasteiger partial charge in [-0.2, -0.15) is 5.26 Å². The molecule has 0 saturated heterocycles. The minimum absolute atomic E-state index is 0.471. The number of rotatable bonds is 5. The summed E-state index contributed by atoms with van der Waals surface area (Å²) in [5.41, 5.74) is 1.46. The molecule has 96 valence electrons. The summed E-state index contributed by atoms with van der Waals surface area (Å²) >= 11 is 0. The van der Waals surface area contributed by atoms with E-state index in [0.29, 0.717) is 30.1 Å². The Morgan fingerprint density at radius 2 is 2.16 bits per heavy atom. The predicted molar refractivity (Wildman–Crippen MR) is 71.1 cm³/mol. The number of hydrogen-bond donors (Lipinski definition) is 0. The molecule has 0 fully saturated rings. The van der Waals surface area contributed by atoms with Gasteiger partial charge >= 0.3 is 0 Å². The predicted octanol–water partition coefficient (Wildman–Crippen LogP) is 2.58. The molecule has 0 aliphatic carbocycles. The Balaban J connectivity index is 2.01. The molecule has 0 radical (unpaired) electrons. The Hall–Kier alpha value is -2.54. The monoisotopic (exact) mass is 254 g/mol. The topological polar surface area (TPSA) is 55.1 Å². The van der Waals surface area contributed by atoms with E-state index < -0.39 is 0 Å². The van der Waals surface area contributed by atoms with Gasteiger partial charge in [0.2, 0.25) is 0 Å². The molecule has 0 aliphatic heterocycles. The molecule has 0 amide bonds. The number of nitriles is 1. The number of aromatic nitrogens is 1. The Labute approximate surface area is 112 Å². The van der Waals surface area contributed by atoms with Crippen LogP contribution in [-0.2, 0) is 6.42 Å². The van der Waals surface area contributed by atoms with Crippen LogP contribution in [0.1, 0.15) is 11.3 Å². The molecule has 4 heteroatoms. The van der Waals surface area contributed by atoms with E-state index in [0.717, 1.165) is 5.69 Å². The van der Waals surface area contributed by atoms with Crippen molar-refractivity contribution in [1.29, 1.82) is 5.26 Å². The third-order valence-corrected chi connectivity index (χ3v) is 2.65. The van der Waals surface area contributed by atoms with Gasteiger partial charge in [-0.15, -0.1) is 0 Å². The van der Waals surface area contributed by atoms with E-state index in [9.17, 15) is 0 Å². The highest BCUT2D eigenvalue weighted by molar-refractivity contribution is 5.47. The van der Waals surface area contributed by atoms with Crippen LogP contribution in [-0.4, -0.2) is 18.7 Å². The number of ether oxygens (including phenoxy) is 2. The number of hydrogen-bond acceptors (Lipinski definition) is 4. The Morgan fingerprint density at radius 3 is 2.84 bits per heavy atom. The first-order valence-electron chi connectivity index (χ1n) is 5.94. The summed E-state index contributed by atoms with van der Waals surface area (Å²) in [6.07, 6.45) is 2.45. The maximum Gasteiger partial charge on any atom is 0.140 e. The molecule has 0 spiro atoms. The van der Waals surface area contributed by atoms with Crippen LogP contribution in [0.3, 0.4) is 0 Å². The zero-order valence-electron chi connectivity index (χ0n) is 10.7. The first kappa shape index (κ1) is 12.9. The maximum absolute atomic E-state index is 9.02. The molecular weight excluding hydrogens is 240 g/mol. The molecule has 0 saturated carbocycles. The van der Waals surface area contributed by atoms with Crippen LogP contribution >= 0.6 is 0 Å². The molecule has 2 aromatic rings. The molecule has 0 unspecified atom stereocenters. The van der Waals surface area contributed by atoms with Crippen molar-refractivity contribution < 1.29 is 9.47 Å². The highest BCUT2D eigenvalue weighted by Crippen LogP contribution is 2.24. The van der Waals surface area contributed by atoms with E-state index in [1.807, 2.05) is 18.2 Å². The van der Waals surface area contributed by atoms with Crippen molar-refractivity contribution >= 4 is 0 Å². The average molecular weight is 254 g/mol. The largest absolute Gasteiger partial charge is 0.497 e. The molecule has 0 atom stereocenters. The lowest BCUT2D eigenvalue weighted by Crippen LogP contribution is -2.04. The van der Waals surface area contributed by atoms with Crippen molar-refractivity contribution in [2.45, 2.75) is 6.42 Å². The summed E-state index contributed by atoms with van der Waals surface area (Å²) in [6, 6.07) is 13.0. The van der Waals surface area contributed by atoms with Gasteiger partial charge < -0.3 is 9.47 Å². The molecule has 1 aromatic carbocycles. The lowest BCUT2D eigenvalue weighted by molar-refractivity contribution is 0.316. The highest BCUT2D eigenvalue weighted by atomic mass is 16.5. The third kappa shape index (κ3) is 3.46. The van der Waals surface area contributed by atoms with Crippen molar-refractivity contribution in [2.75, 3.05) is 13.7 Å². The molecule has 4 nitrogen and oxygen atoms in total. The summed E-state index contributed by atoms with van der Waals surface area (Å²) in [4.78, 5) is 4.22. The van der Waals surface area contributed by atoms with Crippen LogP contribution in [0.15, 0.2) is 42.6 Å². The van der Waals surface area contributed by atoms with Gasteiger partial charge in [-0.1, -0.05) is 6.07 Å². The first-order chi connectivity index (χ1) is 9.33. The second-order valence-corrected chi connectivity index (χ2v) is 3.89. The van der Waals surface area contributed by atoms with Crippen molar-refractivity contribution in [3.05, 3.63) is 53.9 Å². The molecule has 1 aromatic heterocycles. The van der Waals surface area contributed by atoms with Crippen molar-refractivity contribution in [2.24, 2.45) is 0 Å². The molecule has 0 N–H and O–H groups in total. The second kappa shape index (κ2) is 6.41.